The highest BCUT2D eigenvalue weighted by atomic mass is 16.4. The van der Waals surface area contributed by atoms with Crippen LogP contribution in [0.3, 0.4) is 0 Å². The Hall–Kier alpha value is -1.83. The molecule has 0 aliphatic rings. The van der Waals surface area contributed by atoms with Gasteiger partial charge >= 0.3 is 0 Å². The second-order valence-corrected chi connectivity index (χ2v) is 2.91. The summed E-state index contributed by atoms with van der Waals surface area (Å²) in [4.78, 5) is 10.3. The lowest BCUT2D eigenvalue weighted by Crippen LogP contribution is -2.22. The predicted molar refractivity (Wildman–Crippen MR) is 54.2 cm³/mol. The molecule has 0 atom stereocenters. The van der Waals surface area contributed by atoms with E-state index in [2.05, 4.69) is 0 Å². The van der Waals surface area contributed by atoms with Gasteiger partial charge in [0.1, 0.15) is 0 Å². The SMILES string of the molecule is C/C(=C/C=C/c1ccccc1)C(=O)[O-]. The molecule has 2 nitrogen and oxygen atoms in total. The molecule has 0 radical (unpaired) electrons. The van der Waals surface area contributed by atoms with Gasteiger partial charge in [0.25, 0.3) is 0 Å². The predicted octanol–water partition coefficient (Wildman–Crippen LogP) is 1.40. The van der Waals surface area contributed by atoms with Gasteiger partial charge in [0, 0.05) is 0 Å². The summed E-state index contributed by atoms with van der Waals surface area (Å²) >= 11 is 0. The molecule has 1 aromatic rings. The first-order valence-electron chi connectivity index (χ1n) is 4.31. The van der Waals surface area contributed by atoms with Crippen LogP contribution in [0.15, 0.2) is 48.1 Å². The maximum atomic E-state index is 10.3. The first-order valence-corrected chi connectivity index (χ1v) is 4.31. The molecule has 0 unspecified atom stereocenters. The molecule has 1 aromatic carbocycles. The number of hydrogen-bond acceptors (Lipinski definition) is 2. The number of carbonyl (C=O) groups is 1. The fourth-order valence-electron chi connectivity index (χ4n) is 0.936. The van der Waals surface area contributed by atoms with Gasteiger partial charge < -0.3 is 9.90 Å². The van der Waals surface area contributed by atoms with Crippen LogP contribution in [0.5, 0.6) is 0 Å². The summed E-state index contributed by atoms with van der Waals surface area (Å²) in [5.74, 6) is -1.14. The number of carboxylic acids is 1. The average Bonchev–Trinajstić information content (AvgIpc) is 2.19. The average molecular weight is 187 g/mol. The Balaban J connectivity index is 2.66. The van der Waals surface area contributed by atoms with Gasteiger partial charge in [0.15, 0.2) is 0 Å². The Bertz CT molecular complexity index is 361. The third kappa shape index (κ3) is 3.27. The molecule has 0 spiro atoms. The molecule has 0 aliphatic heterocycles. The zero-order chi connectivity index (χ0) is 10.4. The molecule has 0 N–H and O–H groups in total. The van der Waals surface area contributed by atoms with Gasteiger partial charge in [-0.2, -0.15) is 0 Å². The second kappa shape index (κ2) is 5.02. The van der Waals surface area contributed by atoms with Gasteiger partial charge in [-0.25, -0.2) is 0 Å². The zero-order valence-electron chi connectivity index (χ0n) is 7.94. The summed E-state index contributed by atoms with van der Waals surface area (Å²) < 4.78 is 0. The van der Waals surface area contributed by atoms with E-state index in [1.165, 1.54) is 13.0 Å². The van der Waals surface area contributed by atoms with Crippen molar-refractivity contribution < 1.29 is 9.90 Å². The van der Waals surface area contributed by atoms with Crippen molar-refractivity contribution in [1.82, 2.24) is 0 Å². The number of aliphatic carboxylic acids is 1. The molecule has 1 rings (SSSR count). The van der Waals surface area contributed by atoms with Crippen LogP contribution in [0.1, 0.15) is 12.5 Å². The summed E-state index contributed by atoms with van der Waals surface area (Å²) in [6.45, 7) is 1.50. The lowest BCUT2D eigenvalue weighted by Gasteiger charge is -1.97. The van der Waals surface area contributed by atoms with Crippen molar-refractivity contribution in [2.24, 2.45) is 0 Å². The number of carbonyl (C=O) groups excluding carboxylic acids is 1. The van der Waals surface area contributed by atoms with E-state index in [0.29, 0.717) is 0 Å². The smallest absolute Gasteiger partial charge is 0.0672 e. The maximum Gasteiger partial charge on any atom is 0.0672 e. The Morgan fingerprint density at radius 3 is 2.50 bits per heavy atom. The summed E-state index contributed by atoms with van der Waals surface area (Å²) in [6.07, 6.45) is 5.05. The first-order chi connectivity index (χ1) is 6.70. The van der Waals surface area contributed by atoms with Crippen molar-refractivity contribution in [2.45, 2.75) is 6.92 Å². The highest BCUT2D eigenvalue weighted by Gasteiger charge is 1.85. The fraction of sp³-hybridized carbons (Fsp3) is 0.0833. The Morgan fingerprint density at radius 2 is 1.93 bits per heavy atom. The molecular weight excluding hydrogens is 176 g/mol. The van der Waals surface area contributed by atoms with Crippen LogP contribution in [0.4, 0.5) is 0 Å². The van der Waals surface area contributed by atoms with E-state index in [1.54, 1.807) is 6.08 Å². The van der Waals surface area contributed by atoms with Gasteiger partial charge in [0.05, 0.1) is 5.97 Å². The fourth-order valence-corrected chi connectivity index (χ4v) is 0.936. The van der Waals surface area contributed by atoms with Crippen molar-refractivity contribution in [2.75, 3.05) is 0 Å². The van der Waals surface area contributed by atoms with Gasteiger partial charge in [-0.05, 0) is 18.1 Å². The summed E-state index contributed by atoms with van der Waals surface area (Å²) in [5, 5.41) is 10.3. The quantitative estimate of drug-likeness (QED) is 0.530. The summed E-state index contributed by atoms with van der Waals surface area (Å²) in [5.41, 5.74) is 1.26. The molecule has 0 aliphatic carbocycles. The molecule has 14 heavy (non-hydrogen) atoms. The second-order valence-electron chi connectivity index (χ2n) is 2.91. The Labute approximate surface area is 83.2 Å². The van der Waals surface area contributed by atoms with E-state index >= 15 is 0 Å². The van der Waals surface area contributed by atoms with E-state index in [4.69, 9.17) is 0 Å². The van der Waals surface area contributed by atoms with Crippen LogP contribution < -0.4 is 5.11 Å². The van der Waals surface area contributed by atoms with Gasteiger partial charge in [0.2, 0.25) is 0 Å². The van der Waals surface area contributed by atoms with Gasteiger partial charge in [-0.3, -0.25) is 0 Å². The van der Waals surface area contributed by atoms with E-state index in [0.717, 1.165) is 5.56 Å². The molecule has 0 fully saturated rings. The number of benzene rings is 1. The van der Waals surface area contributed by atoms with Crippen molar-refractivity contribution in [3.63, 3.8) is 0 Å². The van der Waals surface area contributed by atoms with Crippen LogP contribution in [0, 0.1) is 0 Å². The van der Waals surface area contributed by atoms with Crippen LogP contribution >= 0.6 is 0 Å². The van der Waals surface area contributed by atoms with E-state index in [-0.39, 0.29) is 5.57 Å². The lowest BCUT2D eigenvalue weighted by molar-refractivity contribution is -0.299. The lowest BCUT2D eigenvalue weighted by atomic mass is 10.2. The molecule has 0 saturated carbocycles. The van der Waals surface area contributed by atoms with Gasteiger partial charge in [-0.15, -0.1) is 0 Å². The number of carboxylic acid groups (broad SMARTS) is 1. The Kier molecular flexibility index (Phi) is 3.68. The van der Waals surface area contributed by atoms with Crippen molar-refractivity contribution in [1.29, 1.82) is 0 Å². The summed E-state index contributed by atoms with van der Waals surface area (Å²) in [7, 11) is 0. The normalized spacial score (nSPS) is 11.9. The largest absolute Gasteiger partial charge is 0.545 e. The summed E-state index contributed by atoms with van der Waals surface area (Å²) in [6, 6.07) is 9.67. The monoisotopic (exact) mass is 187 g/mol. The number of hydrogen-bond donors (Lipinski definition) is 0. The van der Waals surface area contributed by atoms with Crippen molar-refractivity contribution in [3.05, 3.63) is 53.6 Å². The minimum absolute atomic E-state index is 0.220. The Morgan fingerprint density at radius 1 is 1.29 bits per heavy atom. The third-order valence-electron chi connectivity index (χ3n) is 1.76. The third-order valence-corrected chi connectivity index (χ3v) is 1.76. The molecule has 0 heterocycles. The van der Waals surface area contributed by atoms with Crippen molar-refractivity contribution in [3.8, 4) is 0 Å². The van der Waals surface area contributed by atoms with Gasteiger partial charge in [-0.1, -0.05) is 48.6 Å². The number of allylic oxidation sites excluding steroid dienone is 2. The van der Waals surface area contributed by atoms with Crippen LogP contribution in [0.25, 0.3) is 6.08 Å². The van der Waals surface area contributed by atoms with Crippen molar-refractivity contribution >= 4 is 12.0 Å². The topological polar surface area (TPSA) is 40.1 Å². The van der Waals surface area contributed by atoms with Crippen LogP contribution in [-0.2, 0) is 4.79 Å². The zero-order valence-corrected chi connectivity index (χ0v) is 7.94. The van der Waals surface area contributed by atoms with Crippen LogP contribution in [-0.4, -0.2) is 5.97 Å². The molecule has 2 heteroatoms. The standard InChI is InChI=1S/C12H12O2/c1-10(12(13)14)6-5-9-11-7-3-2-4-8-11/h2-9H,1H3,(H,13,14)/p-1/b9-5+,10-6-. The number of rotatable bonds is 3. The molecule has 0 bridgehead atoms. The minimum Gasteiger partial charge on any atom is -0.545 e. The van der Waals surface area contributed by atoms with E-state index in [9.17, 15) is 9.90 Å². The minimum atomic E-state index is -1.14. The molecule has 0 aromatic heterocycles. The highest BCUT2D eigenvalue weighted by Crippen LogP contribution is 2.01. The maximum absolute atomic E-state index is 10.3. The molecule has 72 valence electrons. The van der Waals surface area contributed by atoms with Crippen LogP contribution in [0.2, 0.25) is 0 Å². The first kappa shape index (κ1) is 10.3. The van der Waals surface area contributed by atoms with E-state index < -0.39 is 5.97 Å². The molecule has 0 saturated heterocycles. The highest BCUT2D eigenvalue weighted by molar-refractivity contribution is 5.84. The van der Waals surface area contributed by atoms with E-state index in [1.807, 2.05) is 36.4 Å². The molecular formula is C12H11O2-. The molecule has 0 amide bonds.